The van der Waals surface area contributed by atoms with E-state index in [1.807, 2.05) is 0 Å². The molecule has 5 heteroatoms. The Morgan fingerprint density at radius 1 is 1.31 bits per heavy atom. The van der Waals surface area contributed by atoms with Crippen molar-refractivity contribution >= 4 is 15.5 Å². The molecule has 0 radical (unpaired) electrons. The van der Waals surface area contributed by atoms with Crippen LogP contribution in [-0.4, -0.2) is 25.1 Å². The van der Waals surface area contributed by atoms with E-state index < -0.39 is 9.84 Å². The fourth-order valence-electron chi connectivity index (χ4n) is 1.39. The maximum Gasteiger partial charge on any atom is 0.184 e. The molecule has 4 nitrogen and oxygen atoms in total. The Hall–Kier alpha value is -1.36. The largest absolute Gasteiger partial charge is 0.411 e. The van der Waals surface area contributed by atoms with E-state index >= 15 is 0 Å². The first kappa shape index (κ1) is 8.25. The molecule has 0 atom stereocenters. The average Bonchev–Trinajstić information content (AvgIpc) is 2.39. The van der Waals surface area contributed by atoms with Gasteiger partial charge in [0.2, 0.25) is 0 Å². The summed E-state index contributed by atoms with van der Waals surface area (Å²) in [4.78, 5) is 0.253. The lowest BCUT2D eigenvalue weighted by Crippen LogP contribution is -2.04. The molecule has 0 amide bonds. The highest BCUT2D eigenvalue weighted by Crippen LogP contribution is 2.25. The molecule has 1 N–H and O–H groups in total. The van der Waals surface area contributed by atoms with Crippen LogP contribution in [0.5, 0.6) is 0 Å². The SMILES string of the molecule is O=S1(=O)C/C(=N/O)c2ccccc21. The number of sulfone groups is 1. The topological polar surface area (TPSA) is 66.7 Å². The molecule has 0 aliphatic carbocycles. The summed E-state index contributed by atoms with van der Waals surface area (Å²) in [6, 6.07) is 6.51. The van der Waals surface area contributed by atoms with Crippen molar-refractivity contribution < 1.29 is 13.6 Å². The molecule has 1 aliphatic heterocycles. The van der Waals surface area contributed by atoms with Gasteiger partial charge in [-0.2, -0.15) is 0 Å². The third kappa shape index (κ3) is 1.12. The first-order chi connectivity index (χ1) is 6.15. The Labute approximate surface area is 75.4 Å². The smallest absolute Gasteiger partial charge is 0.184 e. The van der Waals surface area contributed by atoms with Gasteiger partial charge in [0.25, 0.3) is 0 Å². The summed E-state index contributed by atoms with van der Waals surface area (Å²) in [5.74, 6) is -0.206. The fraction of sp³-hybridized carbons (Fsp3) is 0.125. The minimum absolute atomic E-state index is 0.206. The van der Waals surface area contributed by atoms with Crippen LogP contribution in [0, 0.1) is 0 Å². The molecule has 0 spiro atoms. The van der Waals surface area contributed by atoms with Crippen LogP contribution in [0.3, 0.4) is 0 Å². The zero-order valence-electron chi connectivity index (χ0n) is 6.64. The van der Waals surface area contributed by atoms with Gasteiger partial charge in [-0.1, -0.05) is 23.4 Å². The van der Waals surface area contributed by atoms with Gasteiger partial charge in [-0.15, -0.1) is 0 Å². The maximum absolute atomic E-state index is 11.4. The van der Waals surface area contributed by atoms with E-state index in [0.29, 0.717) is 5.56 Å². The van der Waals surface area contributed by atoms with Crippen molar-refractivity contribution in [1.82, 2.24) is 0 Å². The molecule has 0 saturated heterocycles. The van der Waals surface area contributed by atoms with Crippen LogP contribution in [-0.2, 0) is 9.84 Å². The molecule has 2 rings (SSSR count). The molecular weight excluding hydrogens is 190 g/mol. The van der Waals surface area contributed by atoms with Crippen molar-refractivity contribution in [2.45, 2.75) is 4.90 Å². The summed E-state index contributed by atoms with van der Waals surface area (Å²) >= 11 is 0. The highest BCUT2D eigenvalue weighted by atomic mass is 32.2. The summed E-state index contributed by atoms with van der Waals surface area (Å²) in [6.07, 6.45) is 0. The van der Waals surface area contributed by atoms with Crippen LogP contribution >= 0.6 is 0 Å². The van der Waals surface area contributed by atoms with E-state index in [1.54, 1.807) is 18.2 Å². The molecule has 0 bridgehead atoms. The molecule has 1 aromatic carbocycles. The van der Waals surface area contributed by atoms with E-state index in [1.165, 1.54) is 6.07 Å². The third-order valence-electron chi connectivity index (χ3n) is 1.98. The summed E-state index contributed by atoms with van der Waals surface area (Å²) in [5.41, 5.74) is 0.723. The van der Waals surface area contributed by atoms with Gasteiger partial charge in [-0.3, -0.25) is 0 Å². The monoisotopic (exact) mass is 197 g/mol. The molecule has 13 heavy (non-hydrogen) atoms. The lowest BCUT2D eigenvalue weighted by atomic mass is 10.1. The van der Waals surface area contributed by atoms with Crippen LogP contribution < -0.4 is 0 Å². The van der Waals surface area contributed by atoms with Crippen LogP contribution in [0.1, 0.15) is 5.56 Å². The zero-order chi connectivity index (χ0) is 9.47. The summed E-state index contributed by atoms with van der Waals surface area (Å²) in [5, 5.41) is 11.5. The lowest BCUT2D eigenvalue weighted by Gasteiger charge is -1.93. The predicted octanol–water partition coefficient (Wildman–Crippen LogP) is 0.652. The molecule has 0 aromatic heterocycles. The van der Waals surface area contributed by atoms with Gasteiger partial charge in [0.05, 0.1) is 4.90 Å². The Morgan fingerprint density at radius 2 is 2.00 bits per heavy atom. The highest BCUT2D eigenvalue weighted by molar-refractivity contribution is 7.92. The van der Waals surface area contributed by atoms with Gasteiger partial charge in [0.15, 0.2) is 9.84 Å². The van der Waals surface area contributed by atoms with E-state index in [-0.39, 0.29) is 16.4 Å². The molecular formula is C8H7NO3S. The van der Waals surface area contributed by atoms with Gasteiger partial charge >= 0.3 is 0 Å². The van der Waals surface area contributed by atoms with Gasteiger partial charge in [-0.25, -0.2) is 8.42 Å². The Balaban J connectivity index is 2.79. The second-order valence-electron chi connectivity index (χ2n) is 2.80. The van der Waals surface area contributed by atoms with Gasteiger partial charge < -0.3 is 5.21 Å². The second kappa shape index (κ2) is 2.56. The quantitative estimate of drug-likeness (QED) is 0.490. The lowest BCUT2D eigenvalue weighted by molar-refractivity contribution is 0.319. The standard InChI is InChI=1S/C8H7NO3S/c10-9-7-5-13(11,12)8-4-2-1-3-6(7)8/h1-4,10H,5H2/b9-7-. The average molecular weight is 197 g/mol. The van der Waals surface area contributed by atoms with Crippen molar-refractivity contribution in [1.29, 1.82) is 0 Å². The molecule has 0 unspecified atom stereocenters. The van der Waals surface area contributed by atoms with Crippen LogP contribution in [0.4, 0.5) is 0 Å². The van der Waals surface area contributed by atoms with Crippen molar-refractivity contribution in [3.8, 4) is 0 Å². The summed E-state index contributed by atoms with van der Waals surface area (Å²) < 4.78 is 22.9. The summed E-state index contributed by atoms with van der Waals surface area (Å²) in [6.45, 7) is 0. The Kier molecular flexibility index (Phi) is 1.63. The predicted molar refractivity (Wildman–Crippen MR) is 46.8 cm³/mol. The normalized spacial score (nSPS) is 21.7. The van der Waals surface area contributed by atoms with E-state index in [4.69, 9.17) is 5.21 Å². The third-order valence-corrected chi connectivity index (χ3v) is 3.66. The first-order valence-electron chi connectivity index (χ1n) is 3.68. The Bertz CT molecular complexity index is 476. The van der Waals surface area contributed by atoms with Crippen LogP contribution in [0.15, 0.2) is 34.3 Å². The molecule has 68 valence electrons. The number of rotatable bonds is 0. The van der Waals surface area contributed by atoms with E-state index in [0.717, 1.165) is 0 Å². The van der Waals surface area contributed by atoms with Crippen LogP contribution in [0.25, 0.3) is 0 Å². The van der Waals surface area contributed by atoms with Crippen LogP contribution in [0.2, 0.25) is 0 Å². The van der Waals surface area contributed by atoms with Gasteiger partial charge in [0.1, 0.15) is 11.5 Å². The van der Waals surface area contributed by atoms with Gasteiger partial charge in [0, 0.05) is 5.56 Å². The van der Waals surface area contributed by atoms with Gasteiger partial charge in [-0.05, 0) is 6.07 Å². The minimum atomic E-state index is -3.26. The molecule has 1 aromatic rings. The molecule has 0 saturated carbocycles. The first-order valence-corrected chi connectivity index (χ1v) is 5.33. The number of oxime groups is 1. The molecule has 0 fully saturated rings. The van der Waals surface area contributed by atoms with Crippen molar-refractivity contribution in [3.05, 3.63) is 29.8 Å². The summed E-state index contributed by atoms with van der Waals surface area (Å²) in [7, 11) is -3.26. The minimum Gasteiger partial charge on any atom is -0.411 e. The number of nitrogens with zero attached hydrogens (tertiary/aromatic N) is 1. The fourth-order valence-corrected chi connectivity index (χ4v) is 2.93. The van der Waals surface area contributed by atoms with E-state index in [9.17, 15) is 8.42 Å². The number of fused-ring (bicyclic) bond motifs is 1. The maximum atomic E-state index is 11.4. The Morgan fingerprint density at radius 3 is 2.69 bits per heavy atom. The number of hydrogen-bond donors (Lipinski definition) is 1. The molecule has 1 heterocycles. The van der Waals surface area contributed by atoms with E-state index in [2.05, 4.69) is 5.16 Å². The number of benzene rings is 1. The van der Waals surface area contributed by atoms with Crippen molar-refractivity contribution in [3.63, 3.8) is 0 Å². The zero-order valence-corrected chi connectivity index (χ0v) is 7.45. The number of hydrogen-bond acceptors (Lipinski definition) is 4. The molecule has 1 aliphatic rings. The second-order valence-corrected chi connectivity index (χ2v) is 4.76. The van der Waals surface area contributed by atoms with Crippen molar-refractivity contribution in [2.75, 3.05) is 5.75 Å². The highest BCUT2D eigenvalue weighted by Gasteiger charge is 2.31. The van der Waals surface area contributed by atoms with Crippen molar-refractivity contribution in [2.24, 2.45) is 5.16 Å².